The second kappa shape index (κ2) is 12.4. The van der Waals surface area contributed by atoms with Gasteiger partial charge in [0, 0.05) is 0 Å². The summed E-state index contributed by atoms with van der Waals surface area (Å²) < 4.78 is 16.5. The molecule has 5 aliphatic carbocycles. The molecule has 49 heavy (non-hydrogen) atoms. The van der Waals surface area contributed by atoms with E-state index in [9.17, 15) is 30.0 Å². The van der Waals surface area contributed by atoms with Gasteiger partial charge in [0.05, 0.1) is 11.5 Å². The largest absolute Gasteiger partial charge is 0.461 e. The van der Waals surface area contributed by atoms with Gasteiger partial charge in [-0.15, -0.1) is 0 Å². The Morgan fingerprint density at radius 2 is 1.65 bits per heavy atom. The molecule has 5 unspecified atom stereocenters. The number of carbonyl (C=O) groups is 2. The number of carbonyl (C=O) groups excluding carboxylic acids is 2. The quantitative estimate of drug-likeness (QED) is 0.156. The number of aliphatic hydroxyl groups is 4. The molecule has 0 amide bonds. The van der Waals surface area contributed by atoms with Gasteiger partial charge in [-0.05, 0) is 115 Å². The van der Waals surface area contributed by atoms with Gasteiger partial charge >= 0.3 is 5.97 Å². The highest BCUT2D eigenvalue weighted by molar-refractivity contribution is 5.79. The fraction of sp³-hybridized carbons (Fsp3) is 0.850. The van der Waals surface area contributed by atoms with Crippen molar-refractivity contribution in [2.45, 2.75) is 149 Å². The summed E-state index contributed by atoms with van der Waals surface area (Å²) in [6.45, 7) is 20.8. The van der Waals surface area contributed by atoms with Gasteiger partial charge in [-0.1, -0.05) is 72.8 Å². The molecular weight excluding hydrogens is 624 g/mol. The second-order valence-corrected chi connectivity index (χ2v) is 18.9. The zero-order valence-electron chi connectivity index (χ0n) is 30.8. The zero-order chi connectivity index (χ0) is 35.9. The van der Waals surface area contributed by atoms with Crippen molar-refractivity contribution in [2.75, 3.05) is 6.61 Å². The average molecular weight is 687 g/mol. The summed E-state index contributed by atoms with van der Waals surface area (Å²) in [5.74, 6) is 0.575. The number of esters is 1. The highest BCUT2D eigenvalue weighted by Gasteiger charge is 2.70. The van der Waals surface area contributed by atoms with E-state index < -0.39 is 42.2 Å². The first-order chi connectivity index (χ1) is 22.8. The molecule has 5 fully saturated rings. The number of hydrogen-bond donors (Lipinski definition) is 4. The Hall–Kier alpha value is -1.78. The first-order valence-electron chi connectivity index (χ1n) is 18.8. The average Bonchev–Trinajstić information content (AvgIpc) is 3.03. The van der Waals surface area contributed by atoms with E-state index in [-0.39, 0.29) is 63.9 Å². The summed E-state index contributed by atoms with van der Waals surface area (Å²) in [6, 6.07) is 0. The topological polar surface area (TPSA) is 143 Å². The Morgan fingerprint density at radius 3 is 2.33 bits per heavy atom. The first kappa shape index (κ1) is 37.0. The van der Waals surface area contributed by atoms with Crippen LogP contribution in [0.15, 0.2) is 24.3 Å². The molecule has 14 atom stereocenters. The van der Waals surface area contributed by atoms with Crippen LogP contribution in [0.2, 0.25) is 0 Å². The highest BCUT2D eigenvalue weighted by atomic mass is 16.7. The van der Waals surface area contributed by atoms with Gasteiger partial charge in [-0.2, -0.15) is 0 Å². The minimum absolute atomic E-state index is 0.00800. The fourth-order valence-electron chi connectivity index (χ4n) is 13.1. The third-order valence-corrected chi connectivity index (χ3v) is 16.0. The van der Waals surface area contributed by atoms with E-state index in [1.807, 2.05) is 0 Å². The minimum atomic E-state index is -1.62. The fourth-order valence-corrected chi connectivity index (χ4v) is 13.1. The number of fused-ring (bicyclic) bond motifs is 7. The van der Waals surface area contributed by atoms with Crippen molar-refractivity contribution < 1.29 is 44.2 Å². The Bertz CT molecular complexity index is 1340. The Balaban J connectivity index is 1.30. The molecule has 0 bridgehead atoms. The third-order valence-electron chi connectivity index (χ3n) is 16.0. The molecule has 0 aromatic rings. The summed E-state index contributed by atoms with van der Waals surface area (Å²) in [4.78, 5) is 25.0. The van der Waals surface area contributed by atoms with Crippen LogP contribution in [0.4, 0.5) is 0 Å². The van der Waals surface area contributed by atoms with Gasteiger partial charge in [0.25, 0.3) is 6.47 Å². The third kappa shape index (κ3) is 5.33. The van der Waals surface area contributed by atoms with Gasteiger partial charge in [0.2, 0.25) is 6.29 Å². The lowest BCUT2D eigenvalue weighted by Gasteiger charge is -2.71. The Kier molecular flexibility index (Phi) is 9.38. The normalized spacial score (nSPS) is 49.0. The smallest absolute Gasteiger partial charge is 0.312 e. The van der Waals surface area contributed by atoms with E-state index in [0.29, 0.717) is 12.3 Å². The van der Waals surface area contributed by atoms with Crippen LogP contribution in [0.1, 0.15) is 113 Å². The molecule has 0 aromatic heterocycles. The van der Waals surface area contributed by atoms with Crippen molar-refractivity contribution in [3.05, 3.63) is 24.3 Å². The highest BCUT2D eigenvalue weighted by Crippen LogP contribution is 2.76. The van der Waals surface area contributed by atoms with Crippen molar-refractivity contribution in [3.8, 4) is 0 Å². The van der Waals surface area contributed by atoms with Crippen molar-refractivity contribution in [1.82, 2.24) is 0 Å². The molecule has 0 radical (unpaired) electrons. The van der Waals surface area contributed by atoms with Crippen LogP contribution in [0, 0.1) is 56.2 Å². The van der Waals surface area contributed by atoms with E-state index in [1.54, 1.807) is 6.08 Å². The summed E-state index contributed by atoms with van der Waals surface area (Å²) in [5, 5.41) is 43.6. The van der Waals surface area contributed by atoms with Crippen LogP contribution in [0.5, 0.6) is 0 Å². The maximum Gasteiger partial charge on any atom is 0.312 e. The van der Waals surface area contributed by atoms with Crippen molar-refractivity contribution >= 4 is 12.4 Å². The molecule has 4 saturated carbocycles. The lowest BCUT2D eigenvalue weighted by atomic mass is 9.33. The summed E-state index contributed by atoms with van der Waals surface area (Å²) in [5.41, 5.74) is 0.803. The van der Waals surface area contributed by atoms with E-state index >= 15 is 0 Å². The molecule has 9 heteroatoms. The number of allylic oxidation sites excluding steroid dienone is 2. The number of aliphatic hydroxyl groups excluding tert-OH is 4. The number of ether oxygens (including phenoxy) is 3. The van der Waals surface area contributed by atoms with Gasteiger partial charge in [-0.25, -0.2) is 0 Å². The van der Waals surface area contributed by atoms with Gasteiger partial charge in [0.15, 0.2) is 0 Å². The van der Waals surface area contributed by atoms with Crippen molar-refractivity contribution in [3.63, 3.8) is 0 Å². The molecule has 6 rings (SSSR count). The lowest BCUT2D eigenvalue weighted by Crippen LogP contribution is -2.67. The predicted molar refractivity (Wildman–Crippen MR) is 184 cm³/mol. The molecule has 4 N–H and O–H groups in total. The van der Waals surface area contributed by atoms with Crippen molar-refractivity contribution in [1.29, 1.82) is 0 Å². The maximum absolute atomic E-state index is 13.9. The molecule has 0 aromatic carbocycles. The zero-order valence-corrected chi connectivity index (χ0v) is 30.8. The molecule has 0 spiro atoms. The van der Waals surface area contributed by atoms with Crippen LogP contribution >= 0.6 is 0 Å². The number of rotatable bonds is 7. The van der Waals surface area contributed by atoms with E-state index in [0.717, 1.165) is 57.8 Å². The summed E-state index contributed by atoms with van der Waals surface area (Å²) >= 11 is 0. The van der Waals surface area contributed by atoms with Gasteiger partial charge < -0.3 is 34.6 Å². The molecular formula is C40H62O9. The second-order valence-electron chi connectivity index (χ2n) is 18.9. The van der Waals surface area contributed by atoms with E-state index in [1.165, 1.54) is 5.57 Å². The molecule has 6 aliphatic rings. The number of hydrogen-bond acceptors (Lipinski definition) is 9. The Morgan fingerprint density at radius 1 is 0.959 bits per heavy atom. The molecule has 1 aliphatic heterocycles. The Labute approximate surface area is 292 Å². The van der Waals surface area contributed by atoms with Crippen LogP contribution in [-0.2, 0) is 23.8 Å². The molecule has 1 heterocycles. The van der Waals surface area contributed by atoms with Crippen LogP contribution < -0.4 is 0 Å². The monoisotopic (exact) mass is 686 g/mol. The van der Waals surface area contributed by atoms with Gasteiger partial charge in [0.1, 0.15) is 31.0 Å². The van der Waals surface area contributed by atoms with Crippen LogP contribution in [-0.4, -0.2) is 76.3 Å². The van der Waals surface area contributed by atoms with Crippen LogP contribution in [0.25, 0.3) is 0 Å². The summed E-state index contributed by atoms with van der Waals surface area (Å²) in [7, 11) is 0. The van der Waals surface area contributed by atoms with Gasteiger partial charge in [-0.3, -0.25) is 9.59 Å². The maximum atomic E-state index is 13.9. The lowest BCUT2D eigenvalue weighted by molar-refractivity contribution is -0.308. The standard InChI is InChI=1S/C40H62O9/c1-9-20-47-34(46)40-18-16-35(2,3)21-25(40)23-10-11-27-37(6)14-12-24(28(42)32-30(44)29(43)31(45)33(49-32)48-22-41)36(4,5)26(37)13-15-39(27,8)38(23,7)17-19-40/h9-10,22,24-33,42-45H,1,11-21H2,2-8H3/t24-,25?,26?,27?,28+,29-,30?,31+,32+,33?,37+,38-,39-,40+/m1/s1. The molecule has 276 valence electrons. The first-order valence-corrected chi connectivity index (χ1v) is 18.8. The minimum Gasteiger partial charge on any atom is -0.461 e. The summed E-state index contributed by atoms with van der Waals surface area (Å²) in [6.07, 6.45) is 4.91. The SMILES string of the molecule is C=CCOC(=O)[C@]12CCC(C)(C)CC1C1=CCC3[C@@]4(C)CC[C@H]([C@H](O)[C@@H]5OC(OC=O)[C@@H](O)[C@H](O)C5O)C(C)(C)C4CC[C@@]3(C)[C@]1(C)CC2. The van der Waals surface area contributed by atoms with E-state index in [4.69, 9.17) is 14.2 Å². The van der Waals surface area contributed by atoms with Crippen LogP contribution in [0.3, 0.4) is 0 Å². The van der Waals surface area contributed by atoms with E-state index in [2.05, 4.69) is 61.1 Å². The molecule has 1 saturated heterocycles. The van der Waals surface area contributed by atoms with Crippen molar-refractivity contribution in [2.24, 2.45) is 56.2 Å². The predicted octanol–water partition coefficient (Wildman–Crippen LogP) is 5.48. The molecule has 9 nitrogen and oxygen atoms in total.